The number of rotatable bonds is 1. The summed E-state index contributed by atoms with van der Waals surface area (Å²) in [6.45, 7) is 0. The molecule has 0 aromatic carbocycles. The van der Waals surface area contributed by atoms with Crippen molar-refractivity contribution in [1.82, 2.24) is 0 Å². The summed E-state index contributed by atoms with van der Waals surface area (Å²) in [5.41, 5.74) is 4.97. The molecule has 0 spiro atoms. The lowest BCUT2D eigenvalue weighted by Crippen LogP contribution is -2.47. The third-order valence-corrected chi connectivity index (χ3v) is 2.41. The van der Waals surface area contributed by atoms with Crippen LogP contribution in [0.25, 0.3) is 0 Å². The van der Waals surface area contributed by atoms with E-state index in [0.717, 1.165) is 0 Å². The lowest BCUT2D eigenvalue weighted by molar-refractivity contribution is -0.166. The lowest BCUT2D eigenvalue weighted by Gasteiger charge is -2.27. The molecule has 0 bridgehead atoms. The highest BCUT2D eigenvalue weighted by Gasteiger charge is 2.44. The van der Waals surface area contributed by atoms with Crippen LogP contribution in [0.15, 0.2) is 0 Å². The Bertz CT molecular complexity index is 202. The number of alkyl halides is 3. The van der Waals surface area contributed by atoms with Gasteiger partial charge in [0.25, 0.3) is 0 Å². The minimum atomic E-state index is -4.45. The van der Waals surface area contributed by atoms with Crippen LogP contribution in [-0.2, 0) is 4.79 Å². The van der Waals surface area contributed by atoms with Crippen molar-refractivity contribution < 1.29 is 18.0 Å². The van der Waals surface area contributed by atoms with Crippen molar-refractivity contribution in [2.45, 2.75) is 37.9 Å². The summed E-state index contributed by atoms with van der Waals surface area (Å²) in [6, 6.07) is -1.97. The van der Waals surface area contributed by atoms with Gasteiger partial charge in [-0.2, -0.15) is 13.2 Å². The van der Waals surface area contributed by atoms with Crippen LogP contribution in [-0.4, -0.2) is 18.0 Å². The molecule has 13 heavy (non-hydrogen) atoms. The zero-order valence-electron chi connectivity index (χ0n) is 7.10. The van der Waals surface area contributed by atoms with Crippen LogP contribution in [0.2, 0.25) is 0 Å². The number of ketones is 1. The van der Waals surface area contributed by atoms with E-state index >= 15 is 0 Å². The van der Waals surface area contributed by atoms with Crippen molar-refractivity contribution in [3.05, 3.63) is 0 Å². The van der Waals surface area contributed by atoms with Gasteiger partial charge in [0.15, 0.2) is 0 Å². The van der Waals surface area contributed by atoms with E-state index in [-0.39, 0.29) is 18.6 Å². The first-order chi connectivity index (χ1) is 5.93. The number of Topliss-reactive ketones (excluding diaryl/α,β-unsaturated/α-hetero) is 1. The standard InChI is InChI=1S/C8H12F3NO/c9-8(10,11)7(12)5-3-1-2-4-6(5)13/h5,7H,1-4,12H2/t5-,7+/m0/s1. The quantitative estimate of drug-likeness (QED) is 0.691. The SMILES string of the molecule is N[C@H]([C@H]1CCCCC1=O)C(F)(F)F. The molecule has 76 valence electrons. The monoisotopic (exact) mass is 195 g/mol. The molecule has 1 rings (SSSR count). The minimum Gasteiger partial charge on any atom is -0.320 e. The summed E-state index contributed by atoms with van der Waals surface area (Å²) in [6.07, 6.45) is -2.56. The van der Waals surface area contributed by atoms with Gasteiger partial charge in [0.2, 0.25) is 0 Å². The molecule has 0 aromatic heterocycles. The molecule has 1 aliphatic carbocycles. The van der Waals surface area contributed by atoms with E-state index in [1.807, 2.05) is 0 Å². The second kappa shape index (κ2) is 3.65. The van der Waals surface area contributed by atoms with Gasteiger partial charge in [-0.15, -0.1) is 0 Å². The normalized spacial score (nSPS) is 27.4. The van der Waals surface area contributed by atoms with Crippen LogP contribution in [0.1, 0.15) is 25.7 Å². The molecule has 2 nitrogen and oxygen atoms in total. The van der Waals surface area contributed by atoms with Crippen molar-refractivity contribution in [3.63, 3.8) is 0 Å². The summed E-state index contributed by atoms with van der Waals surface area (Å²) in [7, 11) is 0. The maximum absolute atomic E-state index is 12.1. The molecule has 1 saturated carbocycles. The molecule has 1 fully saturated rings. The molecule has 0 saturated heterocycles. The molecule has 2 N–H and O–H groups in total. The summed E-state index contributed by atoms with van der Waals surface area (Å²) in [5.74, 6) is -1.34. The zero-order valence-corrected chi connectivity index (χ0v) is 7.10. The molecule has 0 radical (unpaired) electrons. The molecule has 0 heterocycles. The highest BCUT2D eigenvalue weighted by Crippen LogP contribution is 2.31. The van der Waals surface area contributed by atoms with Crippen LogP contribution < -0.4 is 5.73 Å². The van der Waals surface area contributed by atoms with Gasteiger partial charge < -0.3 is 5.73 Å². The predicted molar refractivity (Wildman–Crippen MR) is 41.0 cm³/mol. The topological polar surface area (TPSA) is 43.1 Å². The molecular formula is C8H12F3NO. The largest absolute Gasteiger partial charge is 0.404 e. The number of hydrogen-bond donors (Lipinski definition) is 1. The molecular weight excluding hydrogens is 183 g/mol. The Kier molecular flexibility index (Phi) is 2.95. The van der Waals surface area contributed by atoms with Gasteiger partial charge >= 0.3 is 6.18 Å². The molecule has 0 aliphatic heterocycles. The molecule has 0 unspecified atom stereocenters. The average Bonchev–Trinajstić information content (AvgIpc) is 2.02. The van der Waals surface area contributed by atoms with Crippen molar-refractivity contribution >= 4 is 5.78 Å². The van der Waals surface area contributed by atoms with E-state index < -0.39 is 18.1 Å². The minimum absolute atomic E-state index is 0.244. The predicted octanol–water partition coefficient (Wildman–Crippen LogP) is 1.64. The summed E-state index contributed by atoms with van der Waals surface area (Å²) < 4.78 is 36.4. The lowest BCUT2D eigenvalue weighted by atomic mass is 9.83. The van der Waals surface area contributed by atoms with E-state index in [2.05, 4.69) is 0 Å². The van der Waals surface area contributed by atoms with Gasteiger partial charge in [-0.05, 0) is 12.8 Å². The van der Waals surface area contributed by atoms with Gasteiger partial charge in [0, 0.05) is 12.3 Å². The maximum atomic E-state index is 12.1. The summed E-state index contributed by atoms with van der Waals surface area (Å²) >= 11 is 0. The first kappa shape index (κ1) is 10.5. The van der Waals surface area contributed by atoms with Gasteiger partial charge in [-0.25, -0.2) is 0 Å². The van der Waals surface area contributed by atoms with Crippen molar-refractivity contribution in [2.75, 3.05) is 0 Å². The summed E-state index contributed by atoms with van der Waals surface area (Å²) in [5, 5.41) is 0. The van der Waals surface area contributed by atoms with Crippen LogP contribution in [0.5, 0.6) is 0 Å². The number of halogens is 3. The van der Waals surface area contributed by atoms with Crippen molar-refractivity contribution in [3.8, 4) is 0 Å². The molecule has 5 heteroatoms. The Hall–Kier alpha value is -0.580. The van der Waals surface area contributed by atoms with E-state index in [9.17, 15) is 18.0 Å². The van der Waals surface area contributed by atoms with E-state index in [1.165, 1.54) is 0 Å². The van der Waals surface area contributed by atoms with Gasteiger partial charge in [0.1, 0.15) is 11.8 Å². The fourth-order valence-corrected chi connectivity index (χ4v) is 1.62. The number of carbonyl (C=O) groups excluding carboxylic acids is 1. The van der Waals surface area contributed by atoms with E-state index in [1.54, 1.807) is 0 Å². The first-order valence-electron chi connectivity index (χ1n) is 4.28. The van der Waals surface area contributed by atoms with E-state index in [4.69, 9.17) is 5.73 Å². The average molecular weight is 195 g/mol. The van der Waals surface area contributed by atoms with Gasteiger partial charge in [-0.1, -0.05) is 6.42 Å². The molecule has 0 aromatic rings. The third-order valence-electron chi connectivity index (χ3n) is 2.41. The van der Waals surface area contributed by atoms with Gasteiger partial charge in [-0.3, -0.25) is 4.79 Å². The smallest absolute Gasteiger partial charge is 0.320 e. The Morgan fingerprint density at radius 1 is 1.38 bits per heavy atom. The second-order valence-electron chi connectivity index (χ2n) is 3.39. The fourth-order valence-electron chi connectivity index (χ4n) is 1.62. The van der Waals surface area contributed by atoms with E-state index in [0.29, 0.717) is 12.8 Å². The highest BCUT2D eigenvalue weighted by atomic mass is 19.4. The fraction of sp³-hybridized carbons (Fsp3) is 0.875. The highest BCUT2D eigenvalue weighted by molar-refractivity contribution is 5.82. The zero-order chi connectivity index (χ0) is 10.1. The third kappa shape index (κ3) is 2.43. The van der Waals surface area contributed by atoms with Crippen molar-refractivity contribution in [2.24, 2.45) is 11.7 Å². The number of nitrogens with two attached hydrogens (primary N) is 1. The Labute approximate surface area is 74.3 Å². The Morgan fingerprint density at radius 3 is 2.46 bits per heavy atom. The first-order valence-corrected chi connectivity index (χ1v) is 4.28. The number of hydrogen-bond acceptors (Lipinski definition) is 2. The summed E-state index contributed by atoms with van der Waals surface area (Å²) in [4.78, 5) is 11.1. The molecule has 2 atom stereocenters. The Morgan fingerprint density at radius 2 is 2.00 bits per heavy atom. The van der Waals surface area contributed by atoms with Crippen LogP contribution in [0.4, 0.5) is 13.2 Å². The number of carbonyl (C=O) groups is 1. The van der Waals surface area contributed by atoms with Crippen LogP contribution in [0.3, 0.4) is 0 Å². The maximum Gasteiger partial charge on any atom is 0.404 e. The van der Waals surface area contributed by atoms with Crippen molar-refractivity contribution in [1.29, 1.82) is 0 Å². The molecule has 1 aliphatic rings. The van der Waals surface area contributed by atoms with Crippen LogP contribution in [0, 0.1) is 5.92 Å². The van der Waals surface area contributed by atoms with Gasteiger partial charge in [0.05, 0.1) is 0 Å². The molecule has 0 amide bonds. The Balaban J connectivity index is 2.64. The van der Waals surface area contributed by atoms with Crippen LogP contribution >= 0.6 is 0 Å². The second-order valence-corrected chi connectivity index (χ2v) is 3.39.